The average Bonchev–Trinajstić information content (AvgIpc) is 2.96. The summed E-state index contributed by atoms with van der Waals surface area (Å²) in [6.45, 7) is 2.13. The standard InChI is InChI=1S/C35H28O2/c1-23-8-10-25(11-9-23)34-30-6-4-5-7-31(30)35(26-14-19-29(37-3)20-15-26)33-22-27(16-21-32(33)34)24-12-17-28(36-2)18-13-24/h4-22H,1-3H3. The number of hydrogen-bond acceptors (Lipinski definition) is 2. The molecule has 2 heteroatoms. The molecule has 0 fully saturated rings. The fourth-order valence-corrected chi connectivity index (χ4v) is 5.24. The van der Waals surface area contributed by atoms with Crippen molar-refractivity contribution in [3.05, 3.63) is 121 Å². The van der Waals surface area contributed by atoms with Gasteiger partial charge in [-0.25, -0.2) is 0 Å². The molecule has 0 aliphatic carbocycles. The van der Waals surface area contributed by atoms with Gasteiger partial charge in [0, 0.05) is 0 Å². The summed E-state index contributed by atoms with van der Waals surface area (Å²) in [5.41, 5.74) is 8.50. The largest absolute Gasteiger partial charge is 0.497 e. The molecule has 0 atom stereocenters. The van der Waals surface area contributed by atoms with Gasteiger partial charge in [0.25, 0.3) is 0 Å². The molecule has 0 aromatic heterocycles. The Morgan fingerprint density at radius 2 is 0.838 bits per heavy atom. The van der Waals surface area contributed by atoms with E-state index in [2.05, 4.69) is 97.9 Å². The Bertz CT molecular complexity index is 1710. The lowest BCUT2D eigenvalue weighted by molar-refractivity contribution is 0.415. The van der Waals surface area contributed by atoms with E-state index in [0.717, 1.165) is 17.1 Å². The summed E-state index contributed by atoms with van der Waals surface area (Å²) >= 11 is 0. The van der Waals surface area contributed by atoms with Crippen molar-refractivity contribution in [3.8, 4) is 44.9 Å². The van der Waals surface area contributed by atoms with E-state index in [1.807, 2.05) is 24.3 Å². The van der Waals surface area contributed by atoms with E-state index in [1.54, 1.807) is 14.2 Å². The quantitative estimate of drug-likeness (QED) is 0.229. The lowest BCUT2D eigenvalue weighted by atomic mass is 9.84. The highest BCUT2D eigenvalue weighted by Crippen LogP contribution is 2.45. The molecule has 6 rings (SSSR count). The molecular formula is C35H28O2. The van der Waals surface area contributed by atoms with Crippen LogP contribution in [-0.2, 0) is 0 Å². The minimum absolute atomic E-state index is 0.854. The number of benzene rings is 6. The second kappa shape index (κ2) is 9.48. The highest BCUT2D eigenvalue weighted by atomic mass is 16.5. The van der Waals surface area contributed by atoms with E-state index in [9.17, 15) is 0 Å². The van der Waals surface area contributed by atoms with Gasteiger partial charge in [-0.15, -0.1) is 0 Å². The number of hydrogen-bond donors (Lipinski definition) is 0. The SMILES string of the molecule is COc1ccc(-c2ccc3c(-c4ccc(C)cc4)c4ccccc4c(-c4ccc(OC)cc4)c3c2)cc1. The Balaban J connectivity index is 1.71. The van der Waals surface area contributed by atoms with Crippen molar-refractivity contribution >= 4 is 21.5 Å². The molecule has 0 heterocycles. The van der Waals surface area contributed by atoms with Crippen LogP contribution in [0.1, 0.15) is 5.56 Å². The molecule has 0 amide bonds. The number of aryl methyl sites for hydroxylation is 1. The third kappa shape index (κ3) is 4.11. The highest BCUT2D eigenvalue weighted by Gasteiger charge is 2.17. The van der Waals surface area contributed by atoms with E-state index in [-0.39, 0.29) is 0 Å². The summed E-state index contributed by atoms with van der Waals surface area (Å²) in [6.07, 6.45) is 0. The Morgan fingerprint density at radius 1 is 0.405 bits per heavy atom. The number of fused-ring (bicyclic) bond motifs is 2. The van der Waals surface area contributed by atoms with E-state index >= 15 is 0 Å². The zero-order chi connectivity index (χ0) is 25.4. The van der Waals surface area contributed by atoms with Crippen LogP contribution in [0, 0.1) is 6.92 Å². The predicted octanol–water partition coefficient (Wildman–Crippen LogP) is 9.32. The Kier molecular flexibility index (Phi) is 5.86. The summed E-state index contributed by atoms with van der Waals surface area (Å²) in [4.78, 5) is 0. The second-order valence-electron chi connectivity index (χ2n) is 9.38. The summed E-state index contributed by atoms with van der Waals surface area (Å²) in [6, 6.07) is 41.1. The smallest absolute Gasteiger partial charge is 0.118 e. The first-order valence-electron chi connectivity index (χ1n) is 12.5. The van der Waals surface area contributed by atoms with Crippen LogP contribution in [0.5, 0.6) is 11.5 Å². The molecule has 0 N–H and O–H groups in total. The van der Waals surface area contributed by atoms with Crippen molar-refractivity contribution in [3.63, 3.8) is 0 Å². The lowest BCUT2D eigenvalue weighted by Gasteiger charge is -2.19. The number of methoxy groups -OCH3 is 2. The molecule has 0 aliphatic rings. The van der Waals surface area contributed by atoms with Crippen LogP contribution in [0.2, 0.25) is 0 Å². The minimum Gasteiger partial charge on any atom is -0.497 e. The number of rotatable bonds is 5. The van der Waals surface area contributed by atoms with Gasteiger partial charge in [0.1, 0.15) is 11.5 Å². The third-order valence-electron chi connectivity index (χ3n) is 7.17. The van der Waals surface area contributed by atoms with Crippen molar-refractivity contribution in [1.82, 2.24) is 0 Å². The van der Waals surface area contributed by atoms with Crippen molar-refractivity contribution < 1.29 is 9.47 Å². The van der Waals surface area contributed by atoms with Crippen molar-refractivity contribution in [2.45, 2.75) is 6.92 Å². The Hall–Kier alpha value is -4.56. The first-order chi connectivity index (χ1) is 18.2. The normalized spacial score (nSPS) is 11.1. The molecule has 2 nitrogen and oxygen atoms in total. The minimum atomic E-state index is 0.854. The molecule has 0 spiro atoms. The maximum absolute atomic E-state index is 5.45. The van der Waals surface area contributed by atoms with Crippen LogP contribution in [0.3, 0.4) is 0 Å². The second-order valence-corrected chi connectivity index (χ2v) is 9.38. The van der Waals surface area contributed by atoms with E-state index < -0.39 is 0 Å². The van der Waals surface area contributed by atoms with Crippen molar-refractivity contribution in [1.29, 1.82) is 0 Å². The van der Waals surface area contributed by atoms with Gasteiger partial charge in [-0.1, -0.05) is 90.5 Å². The van der Waals surface area contributed by atoms with Crippen LogP contribution in [-0.4, -0.2) is 14.2 Å². The molecule has 0 saturated heterocycles. The Morgan fingerprint density at radius 3 is 1.38 bits per heavy atom. The molecule has 0 radical (unpaired) electrons. The highest BCUT2D eigenvalue weighted by molar-refractivity contribution is 6.21. The van der Waals surface area contributed by atoms with Crippen LogP contribution >= 0.6 is 0 Å². The monoisotopic (exact) mass is 480 g/mol. The fraction of sp³-hybridized carbons (Fsp3) is 0.0857. The average molecular weight is 481 g/mol. The molecule has 0 unspecified atom stereocenters. The molecule has 6 aromatic carbocycles. The number of ether oxygens (including phenoxy) is 2. The molecule has 6 aromatic rings. The molecule has 0 aliphatic heterocycles. The van der Waals surface area contributed by atoms with Crippen molar-refractivity contribution in [2.75, 3.05) is 14.2 Å². The van der Waals surface area contributed by atoms with Gasteiger partial charge in [-0.05, 0) is 92.2 Å². The zero-order valence-electron chi connectivity index (χ0n) is 21.3. The summed E-state index contributed by atoms with van der Waals surface area (Å²) in [5.74, 6) is 1.71. The van der Waals surface area contributed by atoms with Gasteiger partial charge in [0.15, 0.2) is 0 Å². The summed E-state index contributed by atoms with van der Waals surface area (Å²) in [7, 11) is 3.40. The molecule has 0 saturated carbocycles. The van der Waals surface area contributed by atoms with Gasteiger partial charge in [0.05, 0.1) is 14.2 Å². The molecule has 0 bridgehead atoms. The van der Waals surface area contributed by atoms with Gasteiger partial charge in [-0.2, -0.15) is 0 Å². The fourth-order valence-electron chi connectivity index (χ4n) is 5.24. The Labute approximate surface area is 217 Å². The zero-order valence-corrected chi connectivity index (χ0v) is 21.3. The first-order valence-corrected chi connectivity index (χ1v) is 12.5. The van der Waals surface area contributed by atoms with Crippen LogP contribution in [0.15, 0.2) is 115 Å². The van der Waals surface area contributed by atoms with Gasteiger partial charge >= 0.3 is 0 Å². The molecule has 180 valence electrons. The predicted molar refractivity (Wildman–Crippen MR) is 156 cm³/mol. The summed E-state index contributed by atoms with van der Waals surface area (Å²) in [5, 5.41) is 4.96. The van der Waals surface area contributed by atoms with Crippen molar-refractivity contribution in [2.24, 2.45) is 0 Å². The first kappa shape index (κ1) is 22.9. The summed E-state index contributed by atoms with van der Waals surface area (Å²) < 4.78 is 10.8. The van der Waals surface area contributed by atoms with E-state index in [4.69, 9.17) is 9.47 Å². The van der Waals surface area contributed by atoms with Gasteiger partial charge in [0.2, 0.25) is 0 Å². The van der Waals surface area contributed by atoms with Gasteiger partial charge in [-0.3, -0.25) is 0 Å². The maximum atomic E-state index is 5.45. The van der Waals surface area contributed by atoms with Crippen LogP contribution in [0.4, 0.5) is 0 Å². The van der Waals surface area contributed by atoms with E-state index in [0.29, 0.717) is 0 Å². The van der Waals surface area contributed by atoms with E-state index in [1.165, 1.54) is 54.9 Å². The topological polar surface area (TPSA) is 18.5 Å². The maximum Gasteiger partial charge on any atom is 0.118 e. The van der Waals surface area contributed by atoms with Gasteiger partial charge < -0.3 is 9.47 Å². The lowest BCUT2D eigenvalue weighted by Crippen LogP contribution is -1.92. The van der Waals surface area contributed by atoms with Crippen LogP contribution in [0.25, 0.3) is 54.9 Å². The van der Waals surface area contributed by atoms with Crippen LogP contribution < -0.4 is 9.47 Å². The molecular weight excluding hydrogens is 452 g/mol. The third-order valence-corrected chi connectivity index (χ3v) is 7.17. The molecule has 37 heavy (non-hydrogen) atoms.